The third kappa shape index (κ3) is 13.4. The first-order chi connectivity index (χ1) is 22.9. The molecule has 0 saturated carbocycles. The number of piperidine rings is 1. The van der Waals surface area contributed by atoms with Crippen molar-refractivity contribution in [2.45, 2.75) is 83.6 Å². The zero-order valence-corrected chi connectivity index (χ0v) is 27.7. The molecule has 0 bridgehead atoms. The van der Waals surface area contributed by atoms with Gasteiger partial charge in [-0.3, -0.25) is 34.2 Å². The van der Waals surface area contributed by atoms with Crippen LogP contribution in [0.1, 0.15) is 98.3 Å². The maximum absolute atomic E-state index is 13.2. The highest BCUT2D eigenvalue weighted by Gasteiger charge is 2.45. The average Bonchev–Trinajstić information content (AvgIpc) is 3.31. The molecular formula is C34H51N3O10. The number of ether oxygens (including phenoxy) is 5. The Kier molecular flexibility index (Phi) is 18.2. The van der Waals surface area contributed by atoms with E-state index in [9.17, 15) is 24.0 Å². The molecule has 0 aliphatic carbocycles. The highest BCUT2D eigenvalue weighted by atomic mass is 16.6. The van der Waals surface area contributed by atoms with Gasteiger partial charge in [0.2, 0.25) is 17.7 Å². The third-order valence-electron chi connectivity index (χ3n) is 7.81. The molecule has 1 fully saturated rings. The van der Waals surface area contributed by atoms with Gasteiger partial charge in [0.05, 0.1) is 69.7 Å². The van der Waals surface area contributed by atoms with E-state index in [-0.39, 0.29) is 42.0 Å². The highest BCUT2D eigenvalue weighted by molar-refractivity contribution is 6.26. The summed E-state index contributed by atoms with van der Waals surface area (Å²) in [6.07, 6.45) is 8.71. The number of fused-ring (bicyclic) bond motifs is 1. The number of hydrogen-bond donors (Lipinski definition) is 2. The average molecular weight is 662 g/mol. The summed E-state index contributed by atoms with van der Waals surface area (Å²) in [5, 5.41) is 4.91. The van der Waals surface area contributed by atoms with Crippen molar-refractivity contribution in [1.82, 2.24) is 10.2 Å². The van der Waals surface area contributed by atoms with Crippen LogP contribution in [0, 0.1) is 0 Å². The van der Waals surface area contributed by atoms with Gasteiger partial charge < -0.3 is 29.0 Å². The monoisotopic (exact) mass is 661 g/mol. The van der Waals surface area contributed by atoms with Gasteiger partial charge in [0, 0.05) is 26.1 Å². The fraction of sp³-hybridized carbons (Fsp3) is 0.676. The minimum Gasteiger partial charge on any atom is -0.379 e. The van der Waals surface area contributed by atoms with Crippen LogP contribution in [0.4, 0.5) is 5.69 Å². The van der Waals surface area contributed by atoms with Gasteiger partial charge in [-0.05, 0) is 37.8 Å². The molecule has 1 aromatic carbocycles. The van der Waals surface area contributed by atoms with Crippen molar-refractivity contribution in [3.8, 4) is 0 Å². The summed E-state index contributed by atoms with van der Waals surface area (Å²) < 4.78 is 27.6. The minimum atomic E-state index is -1.06. The van der Waals surface area contributed by atoms with Crippen LogP contribution >= 0.6 is 0 Å². The smallest absolute Gasteiger partial charge is 0.264 e. The molecule has 47 heavy (non-hydrogen) atoms. The van der Waals surface area contributed by atoms with Crippen molar-refractivity contribution in [3.63, 3.8) is 0 Å². The molecular weight excluding hydrogens is 610 g/mol. The van der Waals surface area contributed by atoms with Crippen LogP contribution in [0.3, 0.4) is 0 Å². The van der Waals surface area contributed by atoms with Gasteiger partial charge in [-0.1, -0.05) is 45.1 Å². The largest absolute Gasteiger partial charge is 0.379 e. The summed E-state index contributed by atoms with van der Waals surface area (Å²) in [4.78, 5) is 63.4. The van der Waals surface area contributed by atoms with Crippen LogP contribution in [0.25, 0.3) is 0 Å². The molecule has 1 atom stereocenters. The van der Waals surface area contributed by atoms with Gasteiger partial charge in [0.1, 0.15) is 6.04 Å². The molecule has 5 amide bonds. The molecule has 3 rings (SSSR count). The van der Waals surface area contributed by atoms with E-state index in [4.69, 9.17) is 23.7 Å². The Labute approximate surface area is 277 Å². The summed E-state index contributed by atoms with van der Waals surface area (Å²) in [6.45, 7) is 7.74. The zero-order valence-electron chi connectivity index (χ0n) is 27.7. The number of rotatable bonds is 26. The number of carbonyl (C=O) groups is 5. The van der Waals surface area contributed by atoms with E-state index in [0.29, 0.717) is 65.9 Å². The van der Waals surface area contributed by atoms with Crippen LogP contribution < -0.4 is 10.6 Å². The van der Waals surface area contributed by atoms with Crippen molar-refractivity contribution >= 4 is 35.2 Å². The van der Waals surface area contributed by atoms with E-state index in [1.165, 1.54) is 31.7 Å². The molecule has 1 saturated heterocycles. The molecule has 2 aliphatic heterocycles. The Bertz CT molecular complexity index is 1160. The molecule has 2 heterocycles. The van der Waals surface area contributed by atoms with Crippen LogP contribution in [-0.4, -0.2) is 107 Å². The van der Waals surface area contributed by atoms with Crippen LogP contribution in [0.15, 0.2) is 18.2 Å². The van der Waals surface area contributed by atoms with Crippen molar-refractivity contribution in [2.24, 2.45) is 0 Å². The number of nitrogens with zero attached hydrogens (tertiary/aromatic N) is 1. The van der Waals surface area contributed by atoms with E-state index in [1.807, 2.05) is 0 Å². The van der Waals surface area contributed by atoms with Crippen LogP contribution in [-0.2, 0) is 38.1 Å². The normalized spacial score (nSPS) is 16.1. The second-order valence-electron chi connectivity index (χ2n) is 11.5. The van der Waals surface area contributed by atoms with Gasteiger partial charge in [0.15, 0.2) is 0 Å². The lowest BCUT2D eigenvalue weighted by molar-refractivity contribution is -0.136. The van der Waals surface area contributed by atoms with Gasteiger partial charge in [0.25, 0.3) is 11.8 Å². The molecule has 13 nitrogen and oxygen atoms in total. The number of hydrogen-bond acceptors (Lipinski definition) is 10. The van der Waals surface area contributed by atoms with E-state index in [0.717, 1.165) is 30.8 Å². The number of carbonyl (C=O) groups excluding carboxylic acids is 5. The molecule has 0 radical (unpaired) electrons. The van der Waals surface area contributed by atoms with Crippen LogP contribution in [0.2, 0.25) is 0 Å². The highest BCUT2D eigenvalue weighted by Crippen LogP contribution is 2.32. The fourth-order valence-corrected chi connectivity index (χ4v) is 5.29. The quantitative estimate of drug-likeness (QED) is 0.111. The molecule has 2 N–H and O–H groups in total. The number of benzene rings is 1. The summed E-state index contributed by atoms with van der Waals surface area (Å²) in [7, 11) is 0. The van der Waals surface area contributed by atoms with Gasteiger partial charge >= 0.3 is 0 Å². The first-order valence-electron chi connectivity index (χ1n) is 17.0. The van der Waals surface area contributed by atoms with Gasteiger partial charge in [-0.25, -0.2) is 0 Å². The second-order valence-corrected chi connectivity index (χ2v) is 11.5. The van der Waals surface area contributed by atoms with Crippen molar-refractivity contribution in [3.05, 3.63) is 29.3 Å². The number of imide groups is 2. The molecule has 13 heteroatoms. The zero-order chi connectivity index (χ0) is 33.7. The molecule has 1 unspecified atom stereocenters. The Balaban J connectivity index is 1.14. The molecule has 2 aliphatic rings. The summed E-state index contributed by atoms with van der Waals surface area (Å²) in [5.74, 6) is -2.67. The lowest BCUT2D eigenvalue weighted by Crippen LogP contribution is -2.54. The fourth-order valence-electron chi connectivity index (χ4n) is 5.29. The first kappa shape index (κ1) is 38.2. The molecule has 0 spiro atoms. The number of anilines is 1. The van der Waals surface area contributed by atoms with Crippen LogP contribution in [0.5, 0.6) is 0 Å². The lowest BCUT2D eigenvalue weighted by Gasteiger charge is -2.27. The maximum atomic E-state index is 13.2. The number of nitrogens with one attached hydrogen (secondary N) is 2. The Morgan fingerprint density at radius 3 is 1.87 bits per heavy atom. The van der Waals surface area contributed by atoms with Crippen molar-refractivity contribution in [1.29, 1.82) is 0 Å². The van der Waals surface area contributed by atoms with Gasteiger partial charge in [-0.15, -0.1) is 0 Å². The Hall–Kier alpha value is -3.23. The van der Waals surface area contributed by atoms with E-state index >= 15 is 0 Å². The second kappa shape index (κ2) is 22.4. The first-order valence-corrected chi connectivity index (χ1v) is 17.0. The number of amides is 5. The van der Waals surface area contributed by atoms with E-state index < -0.39 is 29.7 Å². The van der Waals surface area contributed by atoms with Gasteiger partial charge in [-0.2, -0.15) is 0 Å². The van der Waals surface area contributed by atoms with E-state index in [1.54, 1.807) is 12.1 Å². The summed E-state index contributed by atoms with van der Waals surface area (Å²) in [5.41, 5.74) is 0.412. The molecule has 0 aromatic heterocycles. The molecule has 262 valence electrons. The molecule has 1 aromatic rings. The number of unbranched alkanes of at least 4 members (excludes halogenated alkanes) is 6. The Morgan fingerprint density at radius 2 is 1.30 bits per heavy atom. The minimum absolute atomic E-state index is 0.0367. The summed E-state index contributed by atoms with van der Waals surface area (Å²) in [6, 6.07) is 3.56. The Morgan fingerprint density at radius 1 is 0.745 bits per heavy atom. The maximum Gasteiger partial charge on any atom is 0.264 e. The predicted molar refractivity (Wildman–Crippen MR) is 173 cm³/mol. The van der Waals surface area contributed by atoms with E-state index in [2.05, 4.69) is 17.6 Å². The van der Waals surface area contributed by atoms with Crippen molar-refractivity contribution in [2.75, 3.05) is 71.4 Å². The summed E-state index contributed by atoms with van der Waals surface area (Å²) >= 11 is 0. The topological polar surface area (TPSA) is 159 Å². The predicted octanol–water partition coefficient (Wildman–Crippen LogP) is 3.64. The lowest BCUT2D eigenvalue weighted by atomic mass is 10.0. The van der Waals surface area contributed by atoms with Crippen molar-refractivity contribution < 1.29 is 47.7 Å². The third-order valence-corrected chi connectivity index (χ3v) is 7.81. The SMILES string of the molecule is CCCCCCCOCCOCCOCCOCCOCCCCCC(=O)Nc1cccc2c1C(=O)N(C1CCC(=O)NC1=O)C2=O. The standard InChI is InChI=1S/C34H51N3O10/c1-2-3-4-5-8-16-43-18-20-45-22-24-47-25-23-46-21-19-44-17-9-6-7-13-29(38)35-27-12-10-11-26-31(27)34(42)37(33(26)41)28-14-15-30(39)36-32(28)40/h10-12,28H,2-9,13-25H2,1H3,(H,35,38)(H,36,39,40).